The van der Waals surface area contributed by atoms with Crippen LogP contribution in [0.1, 0.15) is 36.6 Å². The minimum Gasteiger partial charge on any atom is -0.497 e. The zero-order valence-corrected chi connectivity index (χ0v) is 22.0. The third-order valence-electron chi connectivity index (χ3n) is 6.86. The summed E-state index contributed by atoms with van der Waals surface area (Å²) >= 11 is 0. The molecule has 1 aliphatic heterocycles. The normalized spacial score (nSPS) is 12.3. The van der Waals surface area contributed by atoms with Gasteiger partial charge in [-0.25, -0.2) is 9.37 Å². The molecule has 2 heterocycles. The number of methoxy groups -OCH3 is 1. The minimum atomic E-state index is -0.243. The van der Waals surface area contributed by atoms with Crippen molar-refractivity contribution in [3.05, 3.63) is 95.6 Å². The molecule has 5 rings (SSSR count). The summed E-state index contributed by atoms with van der Waals surface area (Å²) in [5, 5.41) is 0. The third kappa shape index (κ3) is 6.17. The Morgan fingerprint density at radius 2 is 1.82 bits per heavy atom. The molecule has 0 bridgehead atoms. The van der Waals surface area contributed by atoms with Crippen LogP contribution in [0.5, 0.6) is 17.2 Å². The number of halogens is 1. The van der Waals surface area contributed by atoms with Crippen LogP contribution in [0.15, 0.2) is 72.9 Å². The molecule has 0 saturated carbocycles. The summed E-state index contributed by atoms with van der Waals surface area (Å²) in [6.45, 7) is 5.66. The Labute approximate surface area is 223 Å². The van der Waals surface area contributed by atoms with E-state index in [1.54, 1.807) is 19.2 Å². The quantitative estimate of drug-likeness (QED) is 0.216. The Hall–Kier alpha value is -3.84. The van der Waals surface area contributed by atoms with Crippen molar-refractivity contribution >= 4 is 0 Å². The second-order valence-corrected chi connectivity index (χ2v) is 9.59. The van der Waals surface area contributed by atoms with E-state index < -0.39 is 0 Å². The molecule has 1 aliphatic rings. The largest absolute Gasteiger partial charge is 0.497 e. The molecule has 0 saturated heterocycles. The predicted molar refractivity (Wildman–Crippen MR) is 146 cm³/mol. The molecule has 0 unspecified atom stereocenters. The summed E-state index contributed by atoms with van der Waals surface area (Å²) in [4.78, 5) is 7.21. The maximum atomic E-state index is 13.6. The molecule has 4 aromatic rings. The summed E-state index contributed by atoms with van der Waals surface area (Å²) in [5.74, 6) is 3.09. The number of fused-ring (bicyclic) bond motifs is 1. The van der Waals surface area contributed by atoms with Crippen LogP contribution in [0.4, 0.5) is 4.39 Å². The number of unbranched alkanes of at least 4 members (excludes halogenated alkanes) is 1. The van der Waals surface area contributed by atoms with Crippen LogP contribution < -0.4 is 14.2 Å². The number of rotatable bonds is 12. The maximum Gasteiger partial charge on any atom is 0.231 e. The molecule has 0 fully saturated rings. The van der Waals surface area contributed by atoms with Crippen molar-refractivity contribution in [2.24, 2.45) is 0 Å². The van der Waals surface area contributed by atoms with E-state index in [0.717, 1.165) is 79.8 Å². The Kier molecular flexibility index (Phi) is 8.24. The summed E-state index contributed by atoms with van der Waals surface area (Å²) in [7, 11) is 1.70. The van der Waals surface area contributed by atoms with E-state index in [1.165, 1.54) is 23.3 Å². The molecule has 3 aromatic carbocycles. The van der Waals surface area contributed by atoms with Gasteiger partial charge in [0.2, 0.25) is 6.79 Å². The van der Waals surface area contributed by atoms with Crippen LogP contribution in [0.2, 0.25) is 0 Å². The van der Waals surface area contributed by atoms with Crippen molar-refractivity contribution in [2.45, 2.75) is 45.8 Å². The van der Waals surface area contributed by atoms with Crippen molar-refractivity contribution in [1.82, 2.24) is 14.5 Å². The lowest BCUT2D eigenvalue weighted by Gasteiger charge is -2.24. The average molecular weight is 516 g/mol. The molecular formula is C31H34FN3O3. The number of benzene rings is 3. The highest BCUT2D eigenvalue weighted by molar-refractivity contribution is 5.56. The molecular weight excluding hydrogens is 481 g/mol. The molecule has 198 valence electrons. The maximum absolute atomic E-state index is 13.6. The van der Waals surface area contributed by atoms with Crippen molar-refractivity contribution in [3.8, 4) is 28.6 Å². The van der Waals surface area contributed by atoms with Gasteiger partial charge in [-0.15, -0.1) is 0 Å². The zero-order chi connectivity index (χ0) is 26.3. The van der Waals surface area contributed by atoms with Gasteiger partial charge in [-0.1, -0.05) is 31.5 Å². The first kappa shape index (κ1) is 25.8. The monoisotopic (exact) mass is 515 g/mol. The first-order valence-corrected chi connectivity index (χ1v) is 13.2. The number of nitrogens with zero attached hydrogens (tertiary/aromatic N) is 3. The second-order valence-electron chi connectivity index (χ2n) is 9.59. The smallest absolute Gasteiger partial charge is 0.231 e. The van der Waals surface area contributed by atoms with Gasteiger partial charge in [0.15, 0.2) is 11.5 Å². The van der Waals surface area contributed by atoms with Crippen LogP contribution >= 0.6 is 0 Å². The van der Waals surface area contributed by atoms with Gasteiger partial charge in [0.1, 0.15) is 17.4 Å². The first-order chi connectivity index (χ1) is 18.6. The number of hydrogen-bond acceptors (Lipinski definition) is 5. The molecule has 0 N–H and O–H groups in total. The fraction of sp³-hybridized carbons (Fsp3) is 0.323. The Balaban J connectivity index is 1.41. The fourth-order valence-electron chi connectivity index (χ4n) is 4.79. The van der Waals surface area contributed by atoms with Gasteiger partial charge in [-0.3, -0.25) is 4.90 Å². The molecule has 0 atom stereocenters. The van der Waals surface area contributed by atoms with E-state index in [0.29, 0.717) is 0 Å². The van der Waals surface area contributed by atoms with Gasteiger partial charge in [0, 0.05) is 31.7 Å². The number of aromatic nitrogens is 2. The summed E-state index contributed by atoms with van der Waals surface area (Å²) in [5.41, 5.74) is 4.46. The van der Waals surface area contributed by atoms with E-state index in [2.05, 4.69) is 40.7 Å². The lowest BCUT2D eigenvalue weighted by atomic mass is 10.1. The molecule has 38 heavy (non-hydrogen) atoms. The predicted octanol–water partition coefficient (Wildman–Crippen LogP) is 6.47. The van der Waals surface area contributed by atoms with E-state index >= 15 is 0 Å². The van der Waals surface area contributed by atoms with Gasteiger partial charge >= 0.3 is 0 Å². The van der Waals surface area contributed by atoms with Crippen molar-refractivity contribution in [2.75, 3.05) is 20.4 Å². The molecule has 0 spiro atoms. The van der Waals surface area contributed by atoms with Crippen LogP contribution in [0, 0.1) is 5.82 Å². The van der Waals surface area contributed by atoms with Crippen LogP contribution in [-0.2, 0) is 26.1 Å². The second kappa shape index (κ2) is 12.1. The first-order valence-electron chi connectivity index (χ1n) is 13.2. The topological polar surface area (TPSA) is 48.8 Å². The summed E-state index contributed by atoms with van der Waals surface area (Å²) in [6, 6.07) is 21.0. The standard InChI is InChI=1S/C31H34FN3O3/c1-3-4-15-35-27(19-33-31(35)25-9-11-26(32)12-10-25)21-34(16-14-23-6-5-7-28(17-23)36-2)20-24-8-13-29-30(18-24)38-22-37-29/h5-13,17-19H,3-4,14-16,20-22H2,1-2H3. The highest BCUT2D eigenvalue weighted by Crippen LogP contribution is 2.33. The van der Waals surface area contributed by atoms with E-state index in [-0.39, 0.29) is 12.6 Å². The van der Waals surface area contributed by atoms with Crippen LogP contribution in [-0.4, -0.2) is 34.9 Å². The fourth-order valence-corrected chi connectivity index (χ4v) is 4.79. The minimum absolute atomic E-state index is 0.243. The van der Waals surface area contributed by atoms with Gasteiger partial charge in [-0.2, -0.15) is 0 Å². The molecule has 1 aromatic heterocycles. The SMILES string of the molecule is CCCCn1c(CN(CCc2cccc(OC)c2)Cc2ccc3c(c2)OCO3)cnc1-c1ccc(F)cc1. The molecule has 0 aliphatic carbocycles. The average Bonchev–Trinajstić information content (AvgIpc) is 3.57. The highest BCUT2D eigenvalue weighted by atomic mass is 19.1. The van der Waals surface area contributed by atoms with Gasteiger partial charge in [-0.05, 0) is 72.5 Å². The van der Waals surface area contributed by atoms with E-state index in [9.17, 15) is 4.39 Å². The zero-order valence-electron chi connectivity index (χ0n) is 22.0. The lowest BCUT2D eigenvalue weighted by molar-refractivity contribution is 0.174. The lowest BCUT2D eigenvalue weighted by Crippen LogP contribution is -2.27. The van der Waals surface area contributed by atoms with Gasteiger partial charge < -0.3 is 18.8 Å². The van der Waals surface area contributed by atoms with Gasteiger partial charge in [0.25, 0.3) is 0 Å². The van der Waals surface area contributed by atoms with Crippen LogP contribution in [0.25, 0.3) is 11.4 Å². The Bertz CT molecular complexity index is 1350. The van der Waals surface area contributed by atoms with Crippen molar-refractivity contribution < 1.29 is 18.6 Å². The number of hydrogen-bond donors (Lipinski definition) is 0. The summed E-state index contributed by atoms with van der Waals surface area (Å²) < 4.78 is 32.4. The van der Waals surface area contributed by atoms with Crippen molar-refractivity contribution in [3.63, 3.8) is 0 Å². The van der Waals surface area contributed by atoms with Gasteiger partial charge in [0.05, 0.1) is 19.0 Å². The molecule has 7 heteroatoms. The molecule has 6 nitrogen and oxygen atoms in total. The number of ether oxygens (including phenoxy) is 3. The third-order valence-corrected chi connectivity index (χ3v) is 6.86. The van der Waals surface area contributed by atoms with E-state index in [1.807, 2.05) is 24.4 Å². The molecule has 0 radical (unpaired) electrons. The Morgan fingerprint density at radius 1 is 0.974 bits per heavy atom. The van der Waals surface area contributed by atoms with E-state index in [4.69, 9.17) is 19.2 Å². The Morgan fingerprint density at radius 3 is 2.63 bits per heavy atom. The highest BCUT2D eigenvalue weighted by Gasteiger charge is 2.18. The molecule has 0 amide bonds. The van der Waals surface area contributed by atoms with Crippen LogP contribution in [0.3, 0.4) is 0 Å². The number of imidazole rings is 1. The summed E-state index contributed by atoms with van der Waals surface area (Å²) in [6.07, 6.45) is 4.98. The van der Waals surface area contributed by atoms with Crippen molar-refractivity contribution in [1.29, 1.82) is 0 Å².